The van der Waals surface area contributed by atoms with Gasteiger partial charge >= 0.3 is 5.97 Å². The molecule has 4 nitrogen and oxygen atoms in total. The SMILES string of the molecule is CC(C(=O)O)C1CN(CC2Cc3cc(Br)ccc3O2)C1. The Kier molecular flexibility index (Phi) is 3.73. The molecule has 0 aliphatic carbocycles. The fraction of sp³-hybridized carbons (Fsp3) is 0.533. The zero-order chi connectivity index (χ0) is 14.3. The monoisotopic (exact) mass is 339 g/mol. The van der Waals surface area contributed by atoms with Gasteiger partial charge in [-0.25, -0.2) is 0 Å². The second-order valence-corrected chi connectivity index (χ2v) is 6.72. The fourth-order valence-electron chi connectivity index (χ4n) is 2.96. The molecule has 2 aliphatic heterocycles. The van der Waals surface area contributed by atoms with E-state index in [4.69, 9.17) is 9.84 Å². The van der Waals surface area contributed by atoms with Gasteiger partial charge in [0.25, 0.3) is 0 Å². The molecule has 0 saturated carbocycles. The van der Waals surface area contributed by atoms with E-state index in [2.05, 4.69) is 26.9 Å². The molecular weight excluding hydrogens is 322 g/mol. The molecule has 2 aliphatic rings. The Balaban J connectivity index is 1.49. The van der Waals surface area contributed by atoms with Gasteiger partial charge in [0.15, 0.2) is 0 Å². The number of carbonyl (C=O) groups is 1. The van der Waals surface area contributed by atoms with Gasteiger partial charge in [-0.15, -0.1) is 0 Å². The summed E-state index contributed by atoms with van der Waals surface area (Å²) in [7, 11) is 0. The zero-order valence-electron chi connectivity index (χ0n) is 11.4. The molecule has 0 radical (unpaired) electrons. The van der Waals surface area contributed by atoms with Crippen molar-refractivity contribution < 1.29 is 14.6 Å². The van der Waals surface area contributed by atoms with Crippen molar-refractivity contribution in [2.75, 3.05) is 19.6 Å². The molecule has 2 unspecified atom stereocenters. The van der Waals surface area contributed by atoms with E-state index in [9.17, 15) is 4.79 Å². The summed E-state index contributed by atoms with van der Waals surface area (Å²) >= 11 is 3.48. The summed E-state index contributed by atoms with van der Waals surface area (Å²) in [6.07, 6.45) is 1.13. The van der Waals surface area contributed by atoms with E-state index in [-0.39, 0.29) is 17.9 Å². The Morgan fingerprint density at radius 1 is 1.55 bits per heavy atom. The molecule has 20 heavy (non-hydrogen) atoms. The topological polar surface area (TPSA) is 49.8 Å². The van der Waals surface area contributed by atoms with E-state index < -0.39 is 5.97 Å². The highest BCUT2D eigenvalue weighted by Gasteiger charge is 2.36. The molecule has 1 N–H and O–H groups in total. The summed E-state index contributed by atoms with van der Waals surface area (Å²) in [5.74, 6) is 0.326. The number of halogens is 1. The number of likely N-dealkylation sites (tertiary alicyclic amines) is 1. The van der Waals surface area contributed by atoms with Gasteiger partial charge < -0.3 is 9.84 Å². The van der Waals surface area contributed by atoms with Crippen molar-refractivity contribution in [3.05, 3.63) is 28.2 Å². The van der Waals surface area contributed by atoms with Crippen LogP contribution in [-0.2, 0) is 11.2 Å². The Morgan fingerprint density at radius 2 is 2.30 bits per heavy atom. The number of hydrogen-bond donors (Lipinski definition) is 1. The summed E-state index contributed by atoms with van der Waals surface area (Å²) in [5.41, 5.74) is 1.25. The summed E-state index contributed by atoms with van der Waals surface area (Å²) in [5, 5.41) is 8.98. The van der Waals surface area contributed by atoms with Crippen LogP contribution in [0.1, 0.15) is 12.5 Å². The maximum Gasteiger partial charge on any atom is 0.306 e. The van der Waals surface area contributed by atoms with Crippen LogP contribution in [0, 0.1) is 11.8 Å². The lowest BCUT2D eigenvalue weighted by Gasteiger charge is -2.42. The van der Waals surface area contributed by atoms with Crippen molar-refractivity contribution in [1.29, 1.82) is 0 Å². The van der Waals surface area contributed by atoms with Crippen LogP contribution in [0.3, 0.4) is 0 Å². The number of ether oxygens (including phenoxy) is 1. The molecule has 5 heteroatoms. The molecule has 2 heterocycles. The number of benzene rings is 1. The second kappa shape index (κ2) is 5.37. The molecule has 0 spiro atoms. The van der Waals surface area contributed by atoms with Crippen LogP contribution in [-0.4, -0.2) is 41.7 Å². The second-order valence-electron chi connectivity index (χ2n) is 5.80. The number of hydrogen-bond acceptors (Lipinski definition) is 3. The molecule has 0 bridgehead atoms. The molecule has 108 valence electrons. The van der Waals surface area contributed by atoms with Gasteiger partial charge in [0.05, 0.1) is 5.92 Å². The van der Waals surface area contributed by atoms with E-state index in [1.807, 2.05) is 12.1 Å². The fourth-order valence-corrected chi connectivity index (χ4v) is 3.36. The van der Waals surface area contributed by atoms with E-state index in [0.29, 0.717) is 0 Å². The third kappa shape index (κ3) is 2.69. The number of rotatable bonds is 4. The number of carboxylic acids is 1. The minimum absolute atomic E-state index is 0.195. The highest BCUT2D eigenvalue weighted by atomic mass is 79.9. The molecular formula is C15H18BrNO3. The summed E-state index contributed by atoms with van der Waals surface area (Å²) in [6.45, 7) is 4.42. The maximum atomic E-state index is 10.9. The van der Waals surface area contributed by atoms with Crippen molar-refractivity contribution in [2.45, 2.75) is 19.4 Å². The highest BCUT2D eigenvalue weighted by molar-refractivity contribution is 9.10. The van der Waals surface area contributed by atoms with Crippen molar-refractivity contribution in [3.63, 3.8) is 0 Å². The largest absolute Gasteiger partial charge is 0.488 e. The highest BCUT2D eigenvalue weighted by Crippen LogP contribution is 2.33. The standard InChI is InChI=1S/C15H18BrNO3/c1-9(15(18)19)11-6-17(7-11)8-13-5-10-4-12(16)2-3-14(10)20-13/h2-4,9,11,13H,5-8H2,1H3,(H,18,19). The first kappa shape index (κ1) is 13.9. The molecule has 2 atom stereocenters. The maximum absolute atomic E-state index is 10.9. The minimum atomic E-state index is -0.691. The predicted octanol–water partition coefficient (Wildman–Crippen LogP) is 2.41. The van der Waals surface area contributed by atoms with Gasteiger partial charge in [-0.05, 0) is 29.7 Å². The first-order valence-corrected chi connectivity index (χ1v) is 7.72. The van der Waals surface area contributed by atoms with Crippen LogP contribution in [0.2, 0.25) is 0 Å². The van der Waals surface area contributed by atoms with Gasteiger partial charge in [-0.2, -0.15) is 0 Å². The van der Waals surface area contributed by atoms with Gasteiger partial charge in [0.1, 0.15) is 11.9 Å². The van der Waals surface area contributed by atoms with Crippen molar-refractivity contribution in [1.82, 2.24) is 4.90 Å². The Labute approximate surface area is 126 Å². The van der Waals surface area contributed by atoms with E-state index in [1.165, 1.54) is 5.56 Å². The Morgan fingerprint density at radius 3 is 3.00 bits per heavy atom. The lowest BCUT2D eigenvalue weighted by atomic mass is 9.87. The van der Waals surface area contributed by atoms with Crippen LogP contribution < -0.4 is 4.74 Å². The van der Waals surface area contributed by atoms with E-state index in [0.717, 1.165) is 36.3 Å². The minimum Gasteiger partial charge on any atom is -0.488 e. The van der Waals surface area contributed by atoms with Gasteiger partial charge in [0.2, 0.25) is 0 Å². The van der Waals surface area contributed by atoms with E-state index in [1.54, 1.807) is 6.92 Å². The molecule has 1 fully saturated rings. The molecule has 0 aromatic heterocycles. The third-order valence-corrected chi connectivity index (χ3v) is 4.80. The summed E-state index contributed by atoms with van der Waals surface area (Å²) in [4.78, 5) is 13.2. The van der Waals surface area contributed by atoms with Crippen LogP contribution in [0.5, 0.6) is 5.75 Å². The van der Waals surface area contributed by atoms with Crippen molar-refractivity contribution in [2.24, 2.45) is 11.8 Å². The van der Waals surface area contributed by atoms with Crippen molar-refractivity contribution >= 4 is 21.9 Å². The molecule has 3 rings (SSSR count). The number of fused-ring (bicyclic) bond motifs is 1. The van der Waals surface area contributed by atoms with Crippen LogP contribution >= 0.6 is 15.9 Å². The predicted molar refractivity (Wildman–Crippen MR) is 79.0 cm³/mol. The number of carboxylic acid groups (broad SMARTS) is 1. The molecule has 0 amide bonds. The Hall–Kier alpha value is -1.07. The first-order chi connectivity index (χ1) is 9.52. The smallest absolute Gasteiger partial charge is 0.306 e. The van der Waals surface area contributed by atoms with Gasteiger partial charge in [-0.1, -0.05) is 22.9 Å². The first-order valence-electron chi connectivity index (χ1n) is 6.93. The lowest BCUT2D eigenvalue weighted by molar-refractivity contribution is -0.145. The third-order valence-electron chi connectivity index (χ3n) is 4.31. The summed E-state index contributed by atoms with van der Waals surface area (Å²) in [6, 6.07) is 6.11. The van der Waals surface area contributed by atoms with Crippen LogP contribution in [0.25, 0.3) is 0 Å². The average Bonchev–Trinajstić information content (AvgIpc) is 2.73. The average molecular weight is 340 g/mol. The van der Waals surface area contributed by atoms with Crippen LogP contribution in [0.15, 0.2) is 22.7 Å². The lowest BCUT2D eigenvalue weighted by Crippen LogP contribution is -2.53. The summed E-state index contributed by atoms with van der Waals surface area (Å²) < 4.78 is 7.02. The number of aliphatic carboxylic acids is 1. The Bertz CT molecular complexity index is 528. The van der Waals surface area contributed by atoms with Gasteiger partial charge in [0, 0.05) is 30.5 Å². The molecule has 1 saturated heterocycles. The molecule has 1 aromatic rings. The van der Waals surface area contributed by atoms with E-state index >= 15 is 0 Å². The quantitative estimate of drug-likeness (QED) is 0.915. The zero-order valence-corrected chi connectivity index (χ0v) is 13.0. The van der Waals surface area contributed by atoms with Gasteiger partial charge in [-0.3, -0.25) is 9.69 Å². The van der Waals surface area contributed by atoms with Crippen molar-refractivity contribution in [3.8, 4) is 5.75 Å². The molecule has 1 aromatic carbocycles. The van der Waals surface area contributed by atoms with Crippen LogP contribution in [0.4, 0.5) is 0 Å². The normalized spacial score (nSPS) is 23.8. The number of nitrogens with zero attached hydrogens (tertiary/aromatic N) is 1.